The summed E-state index contributed by atoms with van der Waals surface area (Å²) in [5, 5.41) is 2.39. The predicted octanol–water partition coefficient (Wildman–Crippen LogP) is 0.417. The number of hydrazine groups is 1. The fourth-order valence-electron chi connectivity index (χ4n) is 3.14. The number of carbonyl (C=O) groups is 1. The molecule has 2 saturated heterocycles. The highest BCUT2D eigenvalue weighted by Crippen LogP contribution is 2.22. The van der Waals surface area contributed by atoms with Crippen LogP contribution in [0.4, 0.5) is 0 Å². The molecule has 2 aliphatic rings. The average Bonchev–Trinajstić information content (AvgIpc) is 3.19. The van der Waals surface area contributed by atoms with Crippen molar-refractivity contribution in [2.75, 3.05) is 26.2 Å². The van der Waals surface area contributed by atoms with Crippen LogP contribution in [0.5, 0.6) is 0 Å². The zero-order valence-electron chi connectivity index (χ0n) is 11.5. The number of amides is 1. The lowest BCUT2D eigenvalue weighted by atomic mass is 10.2. The van der Waals surface area contributed by atoms with Crippen LogP contribution in [0.25, 0.3) is 0 Å². The predicted molar refractivity (Wildman–Crippen MR) is 78.3 cm³/mol. The topological polar surface area (TPSA) is 74.5 Å². The van der Waals surface area contributed by atoms with Crippen molar-refractivity contribution < 1.29 is 4.79 Å². The summed E-state index contributed by atoms with van der Waals surface area (Å²) in [5.41, 5.74) is 3.09. The van der Waals surface area contributed by atoms with E-state index in [2.05, 4.69) is 20.2 Å². The number of rotatable bonds is 4. The van der Waals surface area contributed by atoms with Gasteiger partial charge in [-0.2, -0.15) is 0 Å². The summed E-state index contributed by atoms with van der Waals surface area (Å²) in [6.07, 6.45) is 3.95. The number of nitrogen functional groups attached to an aromatic ring is 1. The molecule has 0 aliphatic carbocycles. The van der Waals surface area contributed by atoms with E-state index in [-0.39, 0.29) is 5.91 Å². The maximum atomic E-state index is 11.4. The van der Waals surface area contributed by atoms with E-state index in [1.807, 2.05) is 5.38 Å². The third kappa shape index (κ3) is 3.01. The molecular weight excluding hydrogens is 274 g/mol. The van der Waals surface area contributed by atoms with Gasteiger partial charge < -0.3 is 0 Å². The molecule has 1 amide bonds. The van der Waals surface area contributed by atoms with Gasteiger partial charge in [-0.3, -0.25) is 20.0 Å². The second kappa shape index (κ2) is 6.17. The number of nitrogens with two attached hydrogens (primary N) is 1. The highest BCUT2D eigenvalue weighted by atomic mass is 32.1. The maximum Gasteiger partial charge on any atom is 0.294 e. The van der Waals surface area contributed by atoms with Crippen molar-refractivity contribution in [3.05, 3.63) is 16.1 Å². The third-order valence-electron chi connectivity index (χ3n) is 4.17. The smallest absolute Gasteiger partial charge is 0.294 e. The van der Waals surface area contributed by atoms with Crippen molar-refractivity contribution in [3.8, 4) is 0 Å². The number of hydrogen-bond donors (Lipinski definition) is 2. The Kier molecular flexibility index (Phi) is 4.30. The normalized spacial score (nSPS) is 24.4. The molecule has 1 aromatic rings. The molecule has 3 N–H and O–H groups in total. The first-order chi connectivity index (χ1) is 9.76. The van der Waals surface area contributed by atoms with Gasteiger partial charge in [-0.1, -0.05) is 0 Å². The number of nitrogens with zero attached hydrogens (tertiary/aromatic N) is 3. The van der Waals surface area contributed by atoms with Gasteiger partial charge in [0.1, 0.15) is 0 Å². The van der Waals surface area contributed by atoms with Crippen LogP contribution < -0.4 is 11.3 Å². The van der Waals surface area contributed by atoms with E-state index in [4.69, 9.17) is 5.84 Å². The molecular formula is C13H21N5OS. The summed E-state index contributed by atoms with van der Waals surface area (Å²) in [6, 6.07) is 0.711. The van der Waals surface area contributed by atoms with Crippen LogP contribution in [-0.4, -0.2) is 52.9 Å². The average molecular weight is 295 g/mol. The van der Waals surface area contributed by atoms with Gasteiger partial charge in [0.2, 0.25) is 0 Å². The Bertz CT molecular complexity index is 471. The Hall–Kier alpha value is -1.02. The highest BCUT2D eigenvalue weighted by molar-refractivity contribution is 7.11. The molecule has 0 radical (unpaired) electrons. The van der Waals surface area contributed by atoms with E-state index in [0.29, 0.717) is 11.0 Å². The monoisotopic (exact) mass is 295 g/mol. The lowest BCUT2D eigenvalue weighted by Gasteiger charge is -2.23. The molecule has 0 aromatic carbocycles. The van der Waals surface area contributed by atoms with Gasteiger partial charge in [-0.15, -0.1) is 11.3 Å². The zero-order chi connectivity index (χ0) is 13.9. The molecule has 6 nitrogen and oxygen atoms in total. The molecule has 1 atom stereocenters. The summed E-state index contributed by atoms with van der Waals surface area (Å²) in [5.74, 6) is 4.81. The Morgan fingerprint density at radius 2 is 2.25 bits per heavy atom. The standard InChI is InChI=1S/C13H21N5OS/c14-16-12(19)13-15-10(9-20-13)7-17-6-3-11(8-17)18-4-1-2-5-18/h9,11H,1-8,14H2,(H,16,19). The Morgan fingerprint density at radius 3 is 3.00 bits per heavy atom. The van der Waals surface area contributed by atoms with Crippen LogP contribution in [0.2, 0.25) is 0 Å². The number of nitrogens with one attached hydrogen (secondary N) is 1. The van der Waals surface area contributed by atoms with Crippen LogP contribution in [0.1, 0.15) is 34.8 Å². The lowest BCUT2D eigenvalue weighted by molar-refractivity contribution is 0.0953. The SMILES string of the molecule is NNC(=O)c1nc(CN2CCC(N3CCCC3)C2)cs1. The first-order valence-corrected chi connectivity index (χ1v) is 8.06. The van der Waals surface area contributed by atoms with Gasteiger partial charge in [0.25, 0.3) is 5.91 Å². The lowest BCUT2D eigenvalue weighted by Crippen LogP contribution is -2.35. The van der Waals surface area contributed by atoms with Crippen molar-refractivity contribution in [1.82, 2.24) is 20.2 Å². The number of carbonyl (C=O) groups excluding carboxylic acids is 1. The first kappa shape index (κ1) is 13.9. The first-order valence-electron chi connectivity index (χ1n) is 7.18. The van der Waals surface area contributed by atoms with Crippen molar-refractivity contribution >= 4 is 17.2 Å². The molecule has 0 bridgehead atoms. The molecule has 2 fully saturated rings. The van der Waals surface area contributed by atoms with Crippen LogP contribution >= 0.6 is 11.3 Å². The minimum atomic E-state index is -0.308. The van der Waals surface area contributed by atoms with E-state index >= 15 is 0 Å². The van der Waals surface area contributed by atoms with E-state index in [1.165, 1.54) is 43.7 Å². The van der Waals surface area contributed by atoms with Crippen molar-refractivity contribution in [2.24, 2.45) is 5.84 Å². The molecule has 3 rings (SSSR count). The van der Waals surface area contributed by atoms with Gasteiger partial charge in [0.15, 0.2) is 5.01 Å². The van der Waals surface area contributed by atoms with Crippen LogP contribution in [0, 0.1) is 0 Å². The van der Waals surface area contributed by atoms with Crippen LogP contribution in [-0.2, 0) is 6.54 Å². The van der Waals surface area contributed by atoms with Gasteiger partial charge in [-0.05, 0) is 32.4 Å². The molecule has 7 heteroatoms. The van der Waals surface area contributed by atoms with Crippen LogP contribution in [0.15, 0.2) is 5.38 Å². The van der Waals surface area contributed by atoms with Gasteiger partial charge in [-0.25, -0.2) is 10.8 Å². The van der Waals surface area contributed by atoms with Crippen molar-refractivity contribution in [2.45, 2.75) is 31.8 Å². The second-order valence-corrected chi connectivity index (χ2v) is 6.40. The Morgan fingerprint density at radius 1 is 1.45 bits per heavy atom. The number of likely N-dealkylation sites (tertiary alicyclic amines) is 2. The molecule has 20 heavy (non-hydrogen) atoms. The molecule has 1 aromatic heterocycles. The van der Waals surface area contributed by atoms with Gasteiger partial charge in [0, 0.05) is 31.1 Å². The quantitative estimate of drug-likeness (QED) is 0.478. The van der Waals surface area contributed by atoms with Crippen molar-refractivity contribution in [3.63, 3.8) is 0 Å². The van der Waals surface area contributed by atoms with Gasteiger partial charge >= 0.3 is 0 Å². The third-order valence-corrected chi connectivity index (χ3v) is 5.06. The van der Waals surface area contributed by atoms with Crippen LogP contribution in [0.3, 0.4) is 0 Å². The van der Waals surface area contributed by atoms with Crippen molar-refractivity contribution in [1.29, 1.82) is 0 Å². The molecule has 0 saturated carbocycles. The highest BCUT2D eigenvalue weighted by Gasteiger charge is 2.29. The summed E-state index contributed by atoms with van der Waals surface area (Å²) in [6.45, 7) is 5.60. The second-order valence-electron chi connectivity index (χ2n) is 5.54. The maximum absolute atomic E-state index is 11.4. The van der Waals surface area contributed by atoms with Gasteiger partial charge in [0.05, 0.1) is 5.69 Å². The molecule has 1 unspecified atom stereocenters. The van der Waals surface area contributed by atoms with E-state index in [1.54, 1.807) is 0 Å². The minimum Gasteiger partial charge on any atom is -0.299 e. The largest absolute Gasteiger partial charge is 0.299 e. The van der Waals surface area contributed by atoms with E-state index in [0.717, 1.165) is 25.3 Å². The summed E-state index contributed by atoms with van der Waals surface area (Å²) < 4.78 is 0. The number of aromatic nitrogens is 1. The van der Waals surface area contributed by atoms with E-state index in [9.17, 15) is 4.79 Å². The molecule has 110 valence electrons. The summed E-state index contributed by atoms with van der Waals surface area (Å²) in [7, 11) is 0. The summed E-state index contributed by atoms with van der Waals surface area (Å²) in [4.78, 5) is 20.8. The summed E-state index contributed by atoms with van der Waals surface area (Å²) >= 11 is 1.35. The molecule has 0 spiro atoms. The Balaban J connectivity index is 1.53. The number of hydrogen-bond acceptors (Lipinski definition) is 6. The minimum absolute atomic E-state index is 0.308. The number of thiazole rings is 1. The fourth-order valence-corrected chi connectivity index (χ4v) is 3.85. The molecule has 3 heterocycles. The van der Waals surface area contributed by atoms with E-state index < -0.39 is 0 Å². The fraction of sp³-hybridized carbons (Fsp3) is 0.692. The molecule has 2 aliphatic heterocycles. The zero-order valence-corrected chi connectivity index (χ0v) is 12.4. The Labute approximate surface area is 122 Å².